The van der Waals surface area contributed by atoms with Crippen molar-refractivity contribution in [2.45, 2.75) is 26.2 Å². The third-order valence-corrected chi connectivity index (χ3v) is 3.50. The van der Waals surface area contributed by atoms with Gasteiger partial charge in [0.05, 0.1) is 0 Å². The van der Waals surface area contributed by atoms with E-state index in [4.69, 9.17) is 4.74 Å². The Balaban J connectivity index is 1.84. The molecule has 1 aromatic carbocycles. The molecule has 0 fully saturated rings. The fourth-order valence-electron chi connectivity index (χ4n) is 1.78. The molecule has 0 spiro atoms. The van der Waals surface area contributed by atoms with Gasteiger partial charge in [-0.05, 0) is 47.7 Å². The normalized spacial score (nSPS) is 11.1. The van der Waals surface area contributed by atoms with Crippen LogP contribution in [-0.2, 0) is 11.2 Å². The molecule has 2 rings (SSSR count). The van der Waals surface area contributed by atoms with Gasteiger partial charge >= 0.3 is 0 Å². The second-order valence-electron chi connectivity index (χ2n) is 4.01. The zero-order valence-electron chi connectivity index (χ0n) is 9.74. The molecular formula is C14H18OS. The van der Waals surface area contributed by atoms with Crippen LogP contribution >= 0.6 is 11.3 Å². The molecule has 2 heteroatoms. The van der Waals surface area contributed by atoms with Crippen molar-refractivity contribution >= 4 is 21.4 Å². The SMILES string of the molecule is CCCOCCCc1ccc2ccsc2c1. The lowest BCUT2D eigenvalue weighted by Crippen LogP contribution is -1.97. The van der Waals surface area contributed by atoms with E-state index in [2.05, 4.69) is 36.6 Å². The standard InChI is InChI=1S/C14H18OS/c1-2-8-15-9-3-4-12-5-6-13-7-10-16-14(13)11-12/h5-7,10-11H,2-4,8-9H2,1H3. The molecule has 0 N–H and O–H groups in total. The first-order chi connectivity index (χ1) is 7.90. The lowest BCUT2D eigenvalue weighted by atomic mass is 10.1. The fraction of sp³-hybridized carbons (Fsp3) is 0.429. The number of rotatable bonds is 6. The molecule has 0 aliphatic carbocycles. The van der Waals surface area contributed by atoms with Crippen molar-refractivity contribution in [3.63, 3.8) is 0 Å². The highest BCUT2D eigenvalue weighted by atomic mass is 32.1. The molecule has 1 nitrogen and oxygen atoms in total. The summed E-state index contributed by atoms with van der Waals surface area (Å²) in [6, 6.07) is 8.93. The van der Waals surface area contributed by atoms with Gasteiger partial charge in [0.1, 0.15) is 0 Å². The smallest absolute Gasteiger partial charge is 0.0469 e. The first-order valence-electron chi connectivity index (χ1n) is 5.94. The van der Waals surface area contributed by atoms with E-state index in [1.165, 1.54) is 15.6 Å². The van der Waals surface area contributed by atoms with Crippen LogP contribution in [0, 0.1) is 0 Å². The molecule has 0 bridgehead atoms. The number of hydrogen-bond acceptors (Lipinski definition) is 2. The van der Waals surface area contributed by atoms with Gasteiger partial charge in [0.15, 0.2) is 0 Å². The molecule has 0 aliphatic heterocycles. The molecule has 1 aromatic heterocycles. The molecular weight excluding hydrogens is 216 g/mol. The Morgan fingerprint density at radius 3 is 3.00 bits per heavy atom. The Morgan fingerprint density at radius 1 is 1.19 bits per heavy atom. The average Bonchev–Trinajstić information content (AvgIpc) is 2.76. The van der Waals surface area contributed by atoms with Crippen molar-refractivity contribution in [3.8, 4) is 0 Å². The Kier molecular flexibility index (Phi) is 4.37. The molecule has 86 valence electrons. The van der Waals surface area contributed by atoms with Gasteiger partial charge < -0.3 is 4.74 Å². The minimum atomic E-state index is 0.885. The quantitative estimate of drug-likeness (QED) is 0.679. The lowest BCUT2D eigenvalue weighted by molar-refractivity contribution is 0.132. The number of aryl methyl sites for hydroxylation is 1. The molecule has 2 aromatic rings. The van der Waals surface area contributed by atoms with Crippen LogP contribution in [0.5, 0.6) is 0 Å². The third-order valence-electron chi connectivity index (χ3n) is 2.62. The summed E-state index contributed by atoms with van der Waals surface area (Å²) in [5.74, 6) is 0. The summed E-state index contributed by atoms with van der Waals surface area (Å²) in [7, 11) is 0. The van der Waals surface area contributed by atoms with Crippen LogP contribution in [0.25, 0.3) is 10.1 Å². The number of ether oxygens (including phenoxy) is 1. The molecule has 0 amide bonds. The van der Waals surface area contributed by atoms with E-state index < -0.39 is 0 Å². The van der Waals surface area contributed by atoms with Gasteiger partial charge in [0, 0.05) is 17.9 Å². The summed E-state index contributed by atoms with van der Waals surface area (Å²) in [6.45, 7) is 3.92. The van der Waals surface area contributed by atoms with Gasteiger partial charge in [-0.25, -0.2) is 0 Å². The topological polar surface area (TPSA) is 9.23 Å². The largest absolute Gasteiger partial charge is 0.381 e. The van der Waals surface area contributed by atoms with Crippen LogP contribution in [0.4, 0.5) is 0 Å². The number of hydrogen-bond donors (Lipinski definition) is 0. The van der Waals surface area contributed by atoms with Crippen LogP contribution in [-0.4, -0.2) is 13.2 Å². The van der Waals surface area contributed by atoms with Crippen molar-refractivity contribution in [1.29, 1.82) is 0 Å². The van der Waals surface area contributed by atoms with Gasteiger partial charge in [-0.15, -0.1) is 11.3 Å². The minimum Gasteiger partial charge on any atom is -0.381 e. The van der Waals surface area contributed by atoms with Gasteiger partial charge in [-0.2, -0.15) is 0 Å². The van der Waals surface area contributed by atoms with E-state index >= 15 is 0 Å². The summed E-state index contributed by atoms with van der Waals surface area (Å²) in [4.78, 5) is 0. The molecule has 0 saturated heterocycles. The molecule has 16 heavy (non-hydrogen) atoms. The monoisotopic (exact) mass is 234 g/mol. The highest BCUT2D eigenvalue weighted by Crippen LogP contribution is 2.22. The lowest BCUT2D eigenvalue weighted by Gasteiger charge is -2.03. The van der Waals surface area contributed by atoms with E-state index in [0.29, 0.717) is 0 Å². The van der Waals surface area contributed by atoms with Crippen molar-refractivity contribution in [2.75, 3.05) is 13.2 Å². The van der Waals surface area contributed by atoms with Crippen LogP contribution in [0.3, 0.4) is 0 Å². The van der Waals surface area contributed by atoms with Gasteiger partial charge in [-0.3, -0.25) is 0 Å². The number of thiophene rings is 1. The van der Waals surface area contributed by atoms with Crippen molar-refractivity contribution in [3.05, 3.63) is 35.2 Å². The van der Waals surface area contributed by atoms with Crippen LogP contribution in [0.2, 0.25) is 0 Å². The maximum Gasteiger partial charge on any atom is 0.0469 e. The molecule has 0 aliphatic rings. The van der Waals surface area contributed by atoms with Crippen LogP contribution in [0.1, 0.15) is 25.3 Å². The Bertz CT molecular complexity index is 433. The van der Waals surface area contributed by atoms with E-state index in [1.807, 2.05) is 11.3 Å². The van der Waals surface area contributed by atoms with Gasteiger partial charge in [-0.1, -0.05) is 19.1 Å². The zero-order chi connectivity index (χ0) is 11.2. The minimum absolute atomic E-state index is 0.885. The van der Waals surface area contributed by atoms with Crippen molar-refractivity contribution in [2.24, 2.45) is 0 Å². The van der Waals surface area contributed by atoms with Crippen molar-refractivity contribution in [1.82, 2.24) is 0 Å². The molecule has 0 atom stereocenters. The first-order valence-corrected chi connectivity index (χ1v) is 6.82. The van der Waals surface area contributed by atoms with Crippen LogP contribution < -0.4 is 0 Å². The van der Waals surface area contributed by atoms with Gasteiger partial charge in [0.2, 0.25) is 0 Å². The number of fused-ring (bicyclic) bond motifs is 1. The fourth-order valence-corrected chi connectivity index (χ4v) is 2.63. The predicted molar refractivity (Wildman–Crippen MR) is 71.3 cm³/mol. The Morgan fingerprint density at radius 2 is 2.12 bits per heavy atom. The predicted octanol–water partition coefficient (Wildman–Crippen LogP) is 4.26. The molecule has 0 radical (unpaired) electrons. The summed E-state index contributed by atoms with van der Waals surface area (Å²) in [6.07, 6.45) is 3.36. The van der Waals surface area contributed by atoms with E-state index in [9.17, 15) is 0 Å². The second kappa shape index (κ2) is 6.02. The molecule has 1 heterocycles. The maximum absolute atomic E-state index is 5.48. The van der Waals surface area contributed by atoms with Gasteiger partial charge in [0.25, 0.3) is 0 Å². The highest BCUT2D eigenvalue weighted by molar-refractivity contribution is 7.17. The summed E-state index contributed by atoms with van der Waals surface area (Å²) in [5, 5.41) is 3.51. The summed E-state index contributed by atoms with van der Waals surface area (Å²) < 4.78 is 6.87. The average molecular weight is 234 g/mol. The summed E-state index contributed by atoms with van der Waals surface area (Å²) in [5.41, 5.74) is 1.43. The Hall–Kier alpha value is -0.860. The maximum atomic E-state index is 5.48. The highest BCUT2D eigenvalue weighted by Gasteiger charge is 1.98. The zero-order valence-corrected chi connectivity index (χ0v) is 10.6. The summed E-state index contributed by atoms with van der Waals surface area (Å²) >= 11 is 1.82. The van der Waals surface area contributed by atoms with E-state index in [1.54, 1.807) is 0 Å². The van der Waals surface area contributed by atoms with E-state index in [0.717, 1.165) is 32.5 Å². The number of benzene rings is 1. The first kappa shape index (κ1) is 11.6. The molecule has 0 saturated carbocycles. The Labute approximate surface area is 101 Å². The third kappa shape index (κ3) is 3.06. The van der Waals surface area contributed by atoms with Crippen LogP contribution in [0.15, 0.2) is 29.6 Å². The molecule has 0 unspecified atom stereocenters. The van der Waals surface area contributed by atoms with Crippen molar-refractivity contribution < 1.29 is 4.74 Å². The second-order valence-corrected chi connectivity index (χ2v) is 4.96. The van der Waals surface area contributed by atoms with E-state index in [-0.39, 0.29) is 0 Å².